The van der Waals surface area contributed by atoms with Gasteiger partial charge in [-0.25, -0.2) is 4.39 Å². The minimum atomic E-state index is -0.779. The highest BCUT2D eigenvalue weighted by atomic mass is 19.1. The molecule has 1 atom stereocenters. The van der Waals surface area contributed by atoms with Crippen LogP contribution in [0.4, 0.5) is 4.39 Å². The first-order valence-electron chi connectivity index (χ1n) is 4.90. The van der Waals surface area contributed by atoms with Crippen LogP contribution in [0.2, 0.25) is 0 Å². The fraction of sp³-hybridized carbons (Fsp3) is 0.333. The minimum Gasteiger partial charge on any atom is -0.302 e. The summed E-state index contributed by atoms with van der Waals surface area (Å²) in [6, 6.07) is 5.95. The molecule has 1 aromatic carbocycles. The maximum atomic E-state index is 13.0. The van der Waals surface area contributed by atoms with E-state index in [1.54, 1.807) is 12.1 Å². The zero-order valence-electron chi connectivity index (χ0n) is 8.20. The summed E-state index contributed by atoms with van der Waals surface area (Å²) in [5, 5.41) is 0. The summed E-state index contributed by atoms with van der Waals surface area (Å²) >= 11 is 0. The van der Waals surface area contributed by atoms with Crippen LogP contribution in [0, 0.1) is 5.82 Å². The van der Waals surface area contributed by atoms with Crippen LogP contribution in [0.3, 0.4) is 0 Å². The van der Waals surface area contributed by atoms with Gasteiger partial charge in [0.1, 0.15) is 17.9 Å². The van der Waals surface area contributed by atoms with Crippen LogP contribution in [0.25, 0.3) is 0 Å². The van der Waals surface area contributed by atoms with Crippen molar-refractivity contribution in [3.8, 4) is 0 Å². The van der Waals surface area contributed by atoms with Gasteiger partial charge in [0.2, 0.25) is 0 Å². The number of aldehydes is 1. The third kappa shape index (κ3) is 1.69. The first-order chi connectivity index (χ1) is 7.16. The molecule has 0 heterocycles. The highest BCUT2D eigenvalue weighted by molar-refractivity contribution is 5.89. The van der Waals surface area contributed by atoms with Gasteiger partial charge in [-0.3, -0.25) is 4.79 Å². The van der Waals surface area contributed by atoms with Crippen LogP contribution in [0.1, 0.15) is 24.8 Å². The molecule has 78 valence electrons. The molecular formula is C12H11FO2. The topological polar surface area (TPSA) is 34.1 Å². The average Bonchev–Trinajstić information content (AvgIpc) is 2.61. The first-order valence-corrected chi connectivity index (χ1v) is 4.90. The van der Waals surface area contributed by atoms with Crippen LogP contribution in [0.15, 0.2) is 24.3 Å². The minimum absolute atomic E-state index is 0.0753. The van der Waals surface area contributed by atoms with Crippen molar-refractivity contribution in [3.05, 3.63) is 35.6 Å². The lowest BCUT2D eigenvalue weighted by Crippen LogP contribution is -2.24. The van der Waals surface area contributed by atoms with Gasteiger partial charge in [0.25, 0.3) is 0 Å². The summed E-state index contributed by atoms with van der Waals surface area (Å²) in [4.78, 5) is 22.3. The van der Waals surface area contributed by atoms with Gasteiger partial charge in [0.15, 0.2) is 0 Å². The SMILES string of the molecule is O=CC1(c2cccc(F)c2)CCC(=O)C1. The van der Waals surface area contributed by atoms with Crippen molar-refractivity contribution in [1.82, 2.24) is 0 Å². The second kappa shape index (κ2) is 3.57. The van der Waals surface area contributed by atoms with Gasteiger partial charge in [-0.15, -0.1) is 0 Å². The second-order valence-corrected chi connectivity index (χ2v) is 4.00. The Morgan fingerprint density at radius 3 is 2.73 bits per heavy atom. The Balaban J connectivity index is 2.43. The molecule has 0 bridgehead atoms. The molecule has 0 aromatic heterocycles. The van der Waals surface area contributed by atoms with Gasteiger partial charge in [0.05, 0.1) is 5.41 Å². The molecule has 2 nitrogen and oxygen atoms in total. The molecule has 1 aliphatic rings. The molecule has 1 saturated carbocycles. The first kappa shape index (κ1) is 10.0. The summed E-state index contributed by atoms with van der Waals surface area (Å²) in [5.74, 6) is -0.292. The highest BCUT2D eigenvalue weighted by Crippen LogP contribution is 2.37. The van der Waals surface area contributed by atoms with Crippen LogP contribution in [0.5, 0.6) is 0 Å². The summed E-state index contributed by atoms with van der Waals surface area (Å²) in [6.07, 6.45) is 1.90. The van der Waals surface area contributed by atoms with E-state index in [-0.39, 0.29) is 18.0 Å². The Bertz CT molecular complexity index is 414. The Hall–Kier alpha value is -1.51. The summed E-state index contributed by atoms with van der Waals surface area (Å²) in [5.41, 5.74) is -0.164. The molecule has 3 heteroatoms. The van der Waals surface area contributed by atoms with Crippen molar-refractivity contribution in [2.24, 2.45) is 0 Å². The highest BCUT2D eigenvalue weighted by Gasteiger charge is 2.39. The molecular weight excluding hydrogens is 195 g/mol. The summed E-state index contributed by atoms with van der Waals surface area (Å²) in [6.45, 7) is 0. The molecule has 0 N–H and O–H groups in total. The predicted molar refractivity (Wildman–Crippen MR) is 53.0 cm³/mol. The Labute approximate surface area is 87.1 Å². The fourth-order valence-corrected chi connectivity index (χ4v) is 2.10. The van der Waals surface area contributed by atoms with Gasteiger partial charge in [-0.2, -0.15) is 0 Å². The molecule has 2 rings (SSSR count). The molecule has 1 aromatic rings. The number of hydrogen-bond acceptors (Lipinski definition) is 2. The van der Waals surface area contributed by atoms with Gasteiger partial charge in [-0.1, -0.05) is 12.1 Å². The van der Waals surface area contributed by atoms with E-state index in [0.717, 1.165) is 6.29 Å². The van der Waals surface area contributed by atoms with Gasteiger partial charge in [0, 0.05) is 12.8 Å². The van der Waals surface area contributed by atoms with E-state index in [4.69, 9.17) is 0 Å². The lowest BCUT2D eigenvalue weighted by molar-refractivity contribution is -0.119. The Morgan fingerprint density at radius 1 is 1.40 bits per heavy atom. The molecule has 0 saturated heterocycles. The predicted octanol–water partition coefficient (Wildman–Crippen LogP) is 2.02. The molecule has 0 aliphatic heterocycles. The van der Waals surface area contributed by atoms with Gasteiger partial charge in [-0.05, 0) is 24.1 Å². The number of carbonyl (C=O) groups excluding carboxylic acids is 2. The summed E-state index contributed by atoms with van der Waals surface area (Å²) in [7, 11) is 0. The lowest BCUT2D eigenvalue weighted by atomic mass is 9.80. The van der Waals surface area contributed by atoms with Crippen LogP contribution >= 0.6 is 0 Å². The van der Waals surface area contributed by atoms with Crippen LogP contribution < -0.4 is 0 Å². The number of carbonyl (C=O) groups is 2. The molecule has 0 radical (unpaired) electrons. The zero-order valence-corrected chi connectivity index (χ0v) is 8.20. The molecule has 1 fully saturated rings. The average molecular weight is 206 g/mol. The smallest absolute Gasteiger partial charge is 0.134 e. The van der Waals surface area contributed by atoms with Crippen molar-refractivity contribution in [2.45, 2.75) is 24.7 Å². The van der Waals surface area contributed by atoms with E-state index in [0.29, 0.717) is 18.4 Å². The Morgan fingerprint density at radius 2 is 2.20 bits per heavy atom. The fourth-order valence-electron chi connectivity index (χ4n) is 2.10. The standard InChI is InChI=1S/C12H11FO2/c13-10-3-1-2-9(6-10)12(8-14)5-4-11(15)7-12/h1-3,6,8H,4-5,7H2. The number of Topliss-reactive ketones (excluding diaryl/α,β-unsaturated/α-hetero) is 1. The summed E-state index contributed by atoms with van der Waals surface area (Å²) < 4.78 is 13.0. The molecule has 15 heavy (non-hydrogen) atoms. The van der Waals surface area contributed by atoms with Crippen molar-refractivity contribution in [3.63, 3.8) is 0 Å². The van der Waals surface area contributed by atoms with E-state index in [1.807, 2.05) is 0 Å². The van der Waals surface area contributed by atoms with E-state index in [1.165, 1.54) is 12.1 Å². The zero-order chi connectivity index (χ0) is 10.9. The van der Waals surface area contributed by atoms with Crippen molar-refractivity contribution in [2.75, 3.05) is 0 Å². The normalized spacial score (nSPS) is 25.5. The third-order valence-electron chi connectivity index (χ3n) is 2.99. The number of benzene rings is 1. The maximum Gasteiger partial charge on any atom is 0.134 e. The van der Waals surface area contributed by atoms with E-state index in [9.17, 15) is 14.0 Å². The number of halogens is 1. The monoisotopic (exact) mass is 206 g/mol. The molecule has 0 spiro atoms. The largest absolute Gasteiger partial charge is 0.302 e. The molecule has 1 unspecified atom stereocenters. The van der Waals surface area contributed by atoms with Crippen molar-refractivity contribution < 1.29 is 14.0 Å². The van der Waals surface area contributed by atoms with E-state index >= 15 is 0 Å². The van der Waals surface area contributed by atoms with Crippen LogP contribution in [-0.2, 0) is 15.0 Å². The molecule has 0 amide bonds. The van der Waals surface area contributed by atoms with Crippen molar-refractivity contribution in [1.29, 1.82) is 0 Å². The van der Waals surface area contributed by atoms with Crippen molar-refractivity contribution >= 4 is 12.1 Å². The van der Waals surface area contributed by atoms with Crippen LogP contribution in [-0.4, -0.2) is 12.1 Å². The number of ketones is 1. The second-order valence-electron chi connectivity index (χ2n) is 4.00. The molecule has 1 aliphatic carbocycles. The number of hydrogen-bond donors (Lipinski definition) is 0. The quantitative estimate of drug-likeness (QED) is 0.694. The lowest BCUT2D eigenvalue weighted by Gasteiger charge is -2.21. The maximum absolute atomic E-state index is 13.0. The third-order valence-corrected chi connectivity index (χ3v) is 2.99. The van der Waals surface area contributed by atoms with Gasteiger partial charge >= 0.3 is 0 Å². The van der Waals surface area contributed by atoms with Gasteiger partial charge < -0.3 is 4.79 Å². The van der Waals surface area contributed by atoms with E-state index in [2.05, 4.69) is 0 Å². The van der Waals surface area contributed by atoms with E-state index < -0.39 is 5.41 Å². The number of rotatable bonds is 2. The Kier molecular flexibility index (Phi) is 2.39.